The number of rotatable bonds is 2. The molecule has 2 nitrogen and oxygen atoms in total. The van der Waals surface area contributed by atoms with Crippen LogP contribution in [0.3, 0.4) is 0 Å². The highest BCUT2D eigenvalue weighted by atomic mass is 15.3. The van der Waals surface area contributed by atoms with Gasteiger partial charge in [-0.05, 0) is 31.6 Å². The molecule has 2 fully saturated rings. The molecular weight excluding hydrogens is 208 g/mol. The van der Waals surface area contributed by atoms with E-state index in [1.54, 1.807) is 0 Å². The Morgan fingerprint density at radius 3 is 2.65 bits per heavy atom. The van der Waals surface area contributed by atoms with E-state index in [-0.39, 0.29) is 0 Å². The van der Waals surface area contributed by atoms with Gasteiger partial charge in [0.15, 0.2) is 0 Å². The van der Waals surface area contributed by atoms with Crippen LogP contribution in [0.4, 0.5) is 0 Å². The smallest absolute Gasteiger partial charge is 0.0221 e. The zero-order chi connectivity index (χ0) is 12.4. The highest BCUT2D eigenvalue weighted by Gasteiger charge is 2.36. The van der Waals surface area contributed by atoms with E-state index in [2.05, 4.69) is 37.9 Å². The van der Waals surface area contributed by atoms with Crippen molar-refractivity contribution in [2.75, 3.05) is 13.1 Å². The summed E-state index contributed by atoms with van der Waals surface area (Å²) in [6.07, 6.45) is 5.59. The third-order valence-corrected chi connectivity index (χ3v) is 5.22. The Kier molecular flexibility index (Phi) is 4.48. The molecule has 0 aromatic rings. The van der Waals surface area contributed by atoms with Gasteiger partial charge in [-0.3, -0.25) is 4.90 Å². The van der Waals surface area contributed by atoms with Crippen molar-refractivity contribution in [3.63, 3.8) is 0 Å². The molecule has 1 aliphatic heterocycles. The summed E-state index contributed by atoms with van der Waals surface area (Å²) in [5.41, 5.74) is 0. The molecule has 1 saturated carbocycles. The van der Waals surface area contributed by atoms with E-state index in [0.717, 1.165) is 23.9 Å². The largest absolute Gasteiger partial charge is 0.311 e. The first-order valence-electron chi connectivity index (χ1n) is 7.62. The third-order valence-electron chi connectivity index (χ3n) is 5.22. The average molecular weight is 238 g/mol. The first-order valence-corrected chi connectivity index (χ1v) is 7.62. The zero-order valence-electron chi connectivity index (χ0n) is 12.1. The quantitative estimate of drug-likeness (QED) is 0.796. The van der Waals surface area contributed by atoms with Crippen LogP contribution >= 0.6 is 0 Å². The Bertz CT molecular complexity index is 241. The van der Waals surface area contributed by atoms with Crippen LogP contribution < -0.4 is 5.32 Å². The molecule has 0 amide bonds. The fraction of sp³-hybridized carbons (Fsp3) is 1.00. The Hall–Kier alpha value is -0.0800. The number of hydrogen-bond donors (Lipinski definition) is 1. The normalized spacial score (nSPS) is 44.8. The highest BCUT2D eigenvalue weighted by molar-refractivity contribution is 4.92. The number of piperazine rings is 1. The predicted molar refractivity (Wildman–Crippen MR) is 74.2 cm³/mol. The predicted octanol–water partition coefficient (Wildman–Crippen LogP) is 2.88. The van der Waals surface area contributed by atoms with Crippen LogP contribution in [0.1, 0.15) is 53.4 Å². The minimum Gasteiger partial charge on any atom is -0.311 e. The van der Waals surface area contributed by atoms with E-state index < -0.39 is 0 Å². The van der Waals surface area contributed by atoms with Crippen molar-refractivity contribution in [1.29, 1.82) is 0 Å². The van der Waals surface area contributed by atoms with E-state index in [4.69, 9.17) is 0 Å². The molecule has 2 heteroatoms. The van der Waals surface area contributed by atoms with Crippen molar-refractivity contribution in [3.8, 4) is 0 Å². The van der Waals surface area contributed by atoms with Crippen molar-refractivity contribution in [2.45, 2.75) is 71.5 Å². The summed E-state index contributed by atoms with van der Waals surface area (Å²) in [6, 6.07) is 2.28. The Morgan fingerprint density at radius 2 is 1.94 bits per heavy atom. The van der Waals surface area contributed by atoms with Gasteiger partial charge in [0.25, 0.3) is 0 Å². The average Bonchev–Trinajstić information content (AvgIpc) is 2.33. The monoisotopic (exact) mass is 238 g/mol. The van der Waals surface area contributed by atoms with Crippen LogP contribution in [-0.4, -0.2) is 36.1 Å². The minimum absolute atomic E-state index is 0.669. The fourth-order valence-electron chi connectivity index (χ4n) is 3.79. The summed E-state index contributed by atoms with van der Waals surface area (Å²) in [4.78, 5) is 2.83. The van der Waals surface area contributed by atoms with Gasteiger partial charge in [0.05, 0.1) is 0 Å². The Balaban J connectivity index is 2.06. The van der Waals surface area contributed by atoms with Gasteiger partial charge in [-0.1, -0.05) is 33.6 Å². The van der Waals surface area contributed by atoms with E-state index in [1.165, 1.54) is 38.8 Å². The van der Waals surface area contributed by atoms with Crippen molar-refractivity contribution >= 4 is 0 Å². The third kappa shape index (κ3) is 2.85. The van der Waals surface area contributed by atoms with Gasteiger partial charge in [0.1, 0.15) is 0 Å². The van der Waals surface area contributed by atoms with Gasteiger partial charge in [0, 0.05) is 31.2 Å². The second kappa shape index (κ2) is 5.71. The molecule has 1 aliphatic carbocycles. The molecule has 0 radical (unpaired) electrons. The first-order chi connectivity index (χ1) is 8.13. The Morgan fingerprint density at radius 1 is 1.18 bits per heavy atom. The van der Waals surface area contributed by atoms with Crippen LogP contribution in [0.5, 0.6) is 0 Å². The molecule has 2 rings (SSSR count). The maximum absolute atomic E-state index is 3.64. The van der Waals surface area contributed by atoms with Crippen LogP contribution in [0.15, 0.2) is 0 Å². The minimum atomic E-state index is 0.669. The summed E-state index contributed by atoms with van der Waals surface area (Å²) in [5.74, 6) is 1.79. The van der Waals surface area contributed by atoms with Gasteiger partial charge in [-0.25, -0.2) is 0 Å². The molecule has 1 N–H and O–H groups in total. The SMILES string of the molecule is CCC1CNC(C)CN1C1CCCC(C)C1C. The molecule has 1 heterocycles. The molecule has 0 spiro atoms. The van der Waals surface area contributed by atoms with Crippen molar-refractivity contribution < 1.29 is 0 Å². The van der Waals surface area contributed by atoms with Crippen LogP contribution in [-0.2, 0) is 0 Å². The van der Waals surface area contributed by atoms with E-state index in [1.807, 2.05) is 0 Å². The number of nitrogens with one attached hydrogen (secondary N) is 1. The second-order valence-corrected chi connectivity index (χ2v) is 6.40. The Labute approximate surface area is 107 Å². The molecule has 2 aliphatic rings. The van der Waals surface area contributed by atoms with Crippen LogP contribution in [0.25, 0.3) is 0 Å². The summed E-state index contributed by atoms with van der Waals surface area (Å²) in [6.45, 7) is 12.0. The molecule has 100 valence electrons. The van der Waals surface area contributed by atoms with E-state index in [9.17, 15) is 0 Å². The van der Waals surface area contributed by atoms with Crippen molar-refractivity contribution in [1.82, 2.24) is 10.2 Å². The number of nitrogens with zero attached hydrogens (tertiary/aromatic N) is 1. The molecule has 5 unspecified atom stereocenters. The van der Waals surface area contributed by atoms with Gasteiger partial charge >= 0.3 is 0 Å². The maximum Gasteiger partial charge on any atom is 0.0221 e. The first kappa shape index (κ1) is 13.4. The second-order valence-electron chi connectivity index (χ2n) is 6.40. The van der Waals surface area contributed by atoms with Crippen LogP contribution in [0.2, 0.25) is 0 Å². The molecule has 0 aromatic heterocycles. The topological polar surface area (TPSA) is 15.3 Å². The van der Waals surface area contributed by atoms with Crippen molar-refractivity contribution in [3.05, 3.63) is 0 Å². The maximum atomic E-state index is 3.64. The van der Waals surface area contributed by atoms with Gasteiger partial charge in [-0.2, -0.15) is 0 Å². The standard InChI is InChI=1S/C15H30N2/c1-5-14-9-16-12(3)10-17(14)15-8-6-7-11(2)13(15)4/h11-16H,5-10H2,1-4H3. The lowest BCUT2D eigenvalue weighted by atomic mass is 9.76. The molecule has 17 heavy (non-hydrogen) atoms. The fourth-order valence-corrected chi connectivity index (χ4v) is 3.79. The van der Waals surface area contributed by atoms with E-state index in [0.29, 0.717) is 6.04 Å². The van der Waals surface area contributed by atoms with Gasteiger partial charge < -0.3 is 5.32 Å². The molecule has 1 saturated heterocycles. The van der Waals surface area contributed by atoms with Gasteiger partial charge in [0.2, 0.25) is 0 Å². The zero-order valence-corrected chi connectivity index (χ0v) is 12.1. The summed E-state index contributed by atoms with van der Waals surface area (Å²) in [5, 5.41) is 3.64. The van der Waals surface area contributed by atoms with Crippen LogP contribution in [0, 0.1) is 11.8 Å². The molecule has 5 atom stereocenters. The lowest BCUT2D eigenvalue weighted by molar-refractivity contribution is 0.0192. The number of hydrogen-bond acceptors (Lipinski definition) is 2. The summed E-state index contributed by atoms with van der Waals surface area (Å²) < 4.78 is 0. The van der Waals surface area contributed by atoms with E-state index >= 15 is 0 Å². The molecular formula is C15H30N2. The van der Waals surface area contributed by atoms with Crippen molar-refractivity contribution in [2.24, 2.45) is 11.8 Å². The lowest BCUT2D eigenvalue weighted by Gasteiger charge is -2.48. The molecule has 0 aromatic carbocycles. The summed E-state index contributed by atoms with van der Waals surface area (Å²) >= 11 is 0. The summed E-state index contributed by atoms with van der Waals surface area (Å²) in [7, 11) is 0. The van der Waals surface area contributed by atoms with Gasteiger partial charge in [-0.15, -0.1) is 0 Å². The highest BCUT2D eigenvalue weighted by Crippen LogP contribution is 2.34. The lowest BCUT2D eigenvalue weighted by Crippen LogP contribution is -2.60. The molecule has 0 bridgehead atoms.